The second kappa shape index (κ2) is 5.54. The molecule has 1 N–H and O–H groups in total. The van der Waals surface area contributed by atoms with Gasteiger partial charge in [-0.15, -0.1) is 0 Å². The SMILES string of the molecule is Cc1cc(C(O)Cc2c(C)cccc2C)ccc1F. The summed E-state index contributed by atoms with van der Waals surface area (Å²) in [5, 5.41) is 10.3. The van der Waals surface area contributed by atoms with E-state index in [1.165, 1.54) is 17.2 Å². The first-order valence-corrected chi connectivity index (χ1v) is 6.48. The Bertz CT molecular complexity index is 570. The van der Waals surface area contributed by atoms with Gasteiger partial charge in [0.2, 0.25) is 0 Å². The third kappa shape index (κ3) is 3.02. The summed E-state index contributed by atoms with van der Waals surface area (Å²) in [5.74, 6) is -0.233. The van der Waals surface area contributed by atoms with Crippen LogP contribution in [0, 0.1) is 26.6 Å². The van der Waals surface area contributed by atoms with E-state index >= 15 is 0 Å². The molecule has 0 saturated carbocycles. The lowest BCUT2D eigenvalue weighted by Gasteiger charge is -2.15. The number of rotatable bonds is 3. The molecule has 0 amide bonds. The van der Waals surface area contributed by atoms with Crippen LogP contribution in [-0.4, -0.2) is 5.11 Å². The summed E-state index contributed by atoms with van der Waals surface area (Å²) in [6.07, 6.45) is -0.0389. The van der Waals surface area contributed by atoms with E-state index in [9.17, 15) is 9.50 Å². The third-order valence-electron chi connectivity index (χ3n) is 3.61. The maximum absolute atomic E-state index is 13.2. The van der Waals surface area contributed by atoms with E-state index in [-0.39, 0.29) is 5.82 Å². The minimum absolute atomic E-state index is 0.233. The van der Waals surface area contributed by atoms with Crippen LogP contribution in [0.4, 0.5) is 4.39 Å². The highest BCUT2D eigenvalue weighted by Gasteiger charge is 2.13. The molecule has 1 unspecified atom stereocenters. The molecule has 0 heterocycles. The molecule has 0 saturated heterocycles. The van der Waals surface area contributed by atoms with Gasteiger partial charge in [-0.1, -0.05) is 30.3 Å². The van der Waals surface area contributed by atoms with Crippen molar-refractivity contribution < 1.29 is 9.50 Å². The van der Waals surface area contributed by atoms with Crippen molar-refractivity contribution in [2.24, 2.45) is 0 Å². The second-order valence-electron chi connectivity index (χ2n) is 5.10. The van der Waals surface area contributed by atoms with Gasteiger partial charge in [-0.25, -0.2) is 4.39 Å². The van der Waals surface area contributed by atoms with Crippen LogP contribution in [-0.2, 0) is 6.42 Å². The van der Waals surface area contributed by atoms with Crippen molar-refractivity contribution in [3.05, 3.63) is 70.0 Å². The van der Waals surface area contributed by atoms with E-state index in [0.29, 0.717) is 12.0 Å². The number of aryl methyl sites for hydroxylation is 3. The number of hydrogen-bond donors (Lipinski definition) is 1. The van der Waals surface area contributed by atoms with Gasteiger partial charge in [-0.2, -0.15) is 0 Å². The van der Waals surface area contributed by atoms with Crippen LogP contribution >= 0.6 is 0 Å². The molecule has 2 aromatic carbocycles. The smallest absolute Gasteiger partial charge is 0.126 e. The zero-order chi connectivity index (χ0) is 14.0. The lowest BCUT2D eigenvalue weighted by atomic mass is 9.94. The molecule has 0 aliphatic heterocycles. The van der Waals surface area contributed by atoms with E-state index in [1.807, 2.05) is 32.0 Å². The highest BCUT2D eigenvalue weighted by atomic mass is 19.1. The highest BCUT2D eigenvalue weighted by molar-refractivity contribution is 5.35. The zero-order valence-corrected chi connectivity index (χ0v) is 11.6. The Hall–Kier alpha value is -1.67. The number of benzene rings is 2. The lowest BCUT2D eigenvalue weighted by molar-refractivity contribution is 0.178. The normalized spacial score (nSPS) is 12.5. The summed E-state index contributed by atoms with van der Waals surface area (Å²) in [5.41, 5.74) is 4.85. The van der Waals surface area contributed by atoms with Gasteiger partial charge < -0.3 is 5.11 Å². The molecule has 0 spiro atoms. The molecule has 1 nitrogen and oxygen atoms in total. The lowest BCUT2D eigenvalue weighted by Crippen LogP contribution is -2.05. The molecule has 0 bridgehead atoms. The van der Waals surface area contributed by atoms with Gasteiger partial charge in [0.05, 0.1) is 6.10 Å². The van der Waals surface area contributed by atoms with E-state index in [2.05, 4.69) is 0 Å². The molecule has 2 heteroatoms. The summed E-state index contributed by atoms with van der Waals surface area (Å²) in [6.45, 7) is 5.81. The Kier molecular flexibility index (Phi) is 4.01. The molecule has 0 radical (unpaired) electrons. The minimum Gasteiger partial charge on any atom is -0.388 e. The van der Waals surface area contributed by atoms with Crippen molar-refractivity contribution in [1.29, 1.82) is 0 Å². The first-order valence-electron chi connectivity index (χ1n) is 6.48. The Morgan fingerprint density at radius 3 is 2.21 bits per heavy atom. The fourth-order valence-corrected chi connectivity index (χ4v) is 2.36. The number of halogens is 1. The molecular weight excluding hydrogens is 239 g/mol. The topological polar surface area (TPSA) is 20.2 Å². The average molecular weight is 258 g/mol. The molecule has 1 atom stereocenters. The monoisotopic (exact) mass is 258 g/mol. The molecule has 100 valence electrons. The van der Waals surface area contributed by atoms with Gasteiger partial charge >= 0.3 is 0 Å². The summed E-state index contributed by atoms with van der Waals surface area (Å²) >= 11 is 0. The van der Waals surface area contributed by atoms with Crippen molar-refractivity contribution >= 4 is 0 Å². The predicted molar refractivity (Wildman–Crippen MR) is 75.7 cm³/mol. The van der Waals surface area contributed by atoms with Crippen LogP contribution in [0.15, 0.2) is 36.4 Å². The van der Waals surface area contributed by atoms with Gasteiger partial charge in [0.25, 0.3) is 0 Å². The summed E-state index contributed by atoms with van der Waals surface area (Å²) in [6, 6.07) is 10.9. The van der Waals surface area contributed by atoms with Crippen molar-refractivity contribution in [1.82, 2.24) is 0 Å². The van der Waals surface area contributed by atoms with Crippen molar-refractivity contribution in [2.75, 3.05) is 0 Å². The summed E-state index contributed by atoms with van der Waals surface area (Å²) < 4.78 is 13.2. The minimum atomic E-state index is -0.598. The van der Waals surface area contributed by atoms with Gasteiger partial charge in [-0.05, 0) is 54.7 Å². The molecule has 0 fully saturated rings. The van der Waals surface area contributed by atoms with Crippen LogP contribution in [0.2, 0.25) is 0 Å². The highest BCUT2D eigenvalue weighted by Crippen LogP contribution is 2.24. The van der Waals surface area contributed by atoms with E-state index in [1.54, 1.807) is 19.1 Å². The number of aliphatic hydroxyl groups excluding tert-OH is 1. The first kappa shape index (κ1) is 13.8. The van der Waals surface area contributed by atoms with Crippen LogP contribution in [0.5, 0.6) is 0 Å². The van der Waals surface area contributed by atoms with E-state index in [4.69, 9.17) is 0 Å². The van der Waals surface area contributed by atoms with Crippen LogP contribution in [0.3, 0.4) is 0 Å². The Morgan fingerprint density at radius 1 is 1.00 bits per heavy atom. The number of hydrogen-bond acceptors (Lipinski definition) is 1. The molecule has 0 aromatic heterocycles. The van der Waals surface area contributed by atoms with E-state index in [0.717, 1.165) is 11.1 Å². The van der Waals surface area contributed by atoms with Gasteiger partial charge in [0.1, 0.15) is 5.82 Å². The molecule has 0 aliphatic rings. The first-order chi connectivity index (χ1) is 8.99. The Morgan fingerprint density at radius 2 is 1.63 bits per heavy atom. The molecule has 0 aliphatic carbocycles. The van der Waals surface area contributed by atoms with Crippen molar-refractivity contribution in [3.8, 4) is 0 Å². The van der Waals surface area contributed by atoms with Gasteiger partial charge in [0, 0.05) is 6.42 Å². The van der Waals surface area contributed by atoms with Crippen LogP contribution < -0.4 is 0 Å². The molecule has 19 heavy (non-hydrogen) atoms. The largest absolute Gasteiger partial charge is 0.388 e. The predicted octanol–water partition coefficient (Wildman–Crippen LogP) is 4.03. The Labute approximate surface area is 113 Å². The summed E-state index contributed by atoms with van der Waals surface area (Å²) in [7, 11) is 0. The maximum Gasteiger partial charge on any atom is 0.126 e. The fourth-order valence-electron chi connectivity index (χ4n) is 2.36. The van der Waals surface area contributed by atoms with E-state index < -0.39 is 6.10 Å². The van der Waals surface area contributed by atoms with Crippen molar-refractivity contribution in [2.45, 2.75) is 33.3 Å². The van der Waals surface area contributed by atoms with Gasteiger partial charge in [0.15, 0.2) is 0 Å². The summed E-state index contributed by atoms with van der Waals surface area (Å²) in [4.78, 5) is 0. The zero-order valence-electron chi connectivity index (χ0n) is 11.6. The van der Waals surface area contributed by atoms with Crippen LogP contribution in [0.1, 0.15) is 33.9 Å². The average Bonchev–Trinajstić information content (AvgIpc) is 2.37. The molecule has 2 aromatic rings. The standard InChI is InChI=1S/C17H19FO/c1-11-5-4-6-12(2)15(11)10-17(19)14-7-8-16(18)13(3)9-14/h4-9,17,19H,10H2,1-3H3. The number of aliphatic hydroxyl groups is 1. The molecular formula is C17H19FO. The molecule has 2 rings (SSSR count). The second-order valence-corrected chi connectivity index (χ2v) is 5.10. The maximum atomic E-state index is 13.2. The van der Waals surface area contributed by atoms with Gasteiger partial charge in [-0.3, -0.25) is 0 Å². The quantitative estimate of drug-likeness (QED) is 0.881. The fraction of sp³-hybridized carbons (Fsp3) is 0.294. The third-order valence-corrected chi connectivity index (χ3v) is 3.61. The Balaban J connectivity index is 2.25. The van der Waals surface area contributed by atoms with Crippen LogP contribution in [0.25, 0.3) is 0 Å². The van der Waals surface area contributed by atoms with Crippen molar-refractivity contribution in [3.63, 3.8) is 0 Å².